The Hall–Kier alpha value is -1.63. The van der Waals surface area contributed by atoms with Crippen molar-refractivity contribution in [2.45, 2.75) is 38.5 Å². The molecule has 1 amide bonds. The van der Waals surface area contributed by atoms with Crippen molar-refractivity contribution in [1.82, 2.24) is 14.7 Å². The van der Waals surface area contributed by atoms with E-state index in [2.05, 4.69) is 41.0 Å². The van der Waals surface area contributed by atoms with E-state index in [1.165, 1.54) is 5.56 Å². The molecule has 1 N–H and O–H groups in total. The third kappa shape index (κ3) is 4.51. The molecule has 2 fully saturated rings. The van der Waals surface area contributed by atoms with Crippen LogP contribution in [0.3, 0.4) is 0 Å². The van der Waals surface area contributed by atoms with E-state index in [1.54, 1.807) is 4.90 Å². The number of ether oxygens (including phenoxy) is 1. The van der Waals surface area contributed by atoms with Gasteiger partial charge >= 0.3 is 6.09 Å². The molecule has 3 atom stereocenters. The molecular formula is C19H29N3O3. The van der Waals surface area contributed by atoms with Crippen LogP contribution in [-0.2, 0) is 11.3 Å². The number of carbonyl (C=O) groups is 1. The maximum Gasteiger partial charge on any atom is 0.407 e. The summed E-state index contributed by atoms with van der Waals surface area (Å²) in [5.41, 5.74) is 1.28. The minimum atomic E-state index is -0.813. The summed E-state index contributed by atoms with van der Waals surface area (Å²) < 4.78 is 5.54. The Morgan fingerprint density at radius 3 is 2.60 bits per heavy atom. The summed E-state index contributed by atoms with van der Waals surface area (Å²) in [5.74, 6) is 0. The fourth-order valence-electron chi connectivity index (χ4n) is 3.86. The number of piperazine rings is 1. The van der Waals surface area contributed by atoms with Crippen LogP contribution in [0.5, 0.6) is 0 Å². The van der Waals surface area contributed by atoms with Gasteiger partial charge in [0.05, 0.1) is 13.2 Å². The van der Waals surface area contributed by atoms with E-state index in [9.17, 15) is 9.90 Å². The summed E-state index contributed by atoms with van der Waals surface area (Å²) in [6.07, 6.45) is -0.813. The maximum absolute atomic E-state index is 11.6. The summed E-state index contributed by atoms with van der Waals surface area (Å²) in [6.45, 7) is 9.69. The molecular weight excluding hydrogens is 318 g/mol. The van der Waals surface area contributed by atoms with Crippen LogP contribution in [0.15, 0.2) is 30.3 Å². The molecule has 0 radical (unpaired) electrons. The molecule has 6 heteroatoms. The molecule has 1 aromatic rings. The van der Waals surface area contributed by atoms with E-state index in [0.717, 1.165) is 39.4 Å². The van der Waals surface area contributed by atoms with Crippen LogP contribution in [0.25, 0.3) is 0 Å². The van der Waals surface area contributed by atoms with Crippen molar-refractivity contribution >= 4 is 6.09 Å². The first kappa shape index (κ1) is 18.2. The van der Waals surface area contributed by atoms with Gasteiger partial charge in [-0.1, -0.05) is 30.3 Å². The second kappa shape index (κ2) is 8.17. The summed E-state index contributed by atoms with van der Waals surface area (Å²) in [5, 5.41) is 9.53. The molecule has 25 heavy (non-hydrogen) atoms. The molecule has 138 valence electrons. The van der Waals surface area contributed by atoms with Crippen molar-refractivity contribution in [2.24, 2.45) is 0 Å². The molecule has 6 nitrogen and oxygen atoms in total. The zero-order valence-electron chi connectivity index (χ0n) is 15.2. The van der Waals surface area contributed by atoms with Gasteiger partial charge in [-0.2, -0.15) is 0 Å². The molecule has 2 aliphatic rings. The van der Waals surface area contributed by atoms with Crippen LogP contribution in [0.1, 0.15) is 19.4 Å². The number of morpholine rings is 1. The Morgan fingerprint density at radius 1 is 1.16 bits per heavy atom. The standard InChI is InChI=1S/C19H29N3O3/c1-15-10-21(11-17-6-4-3-5-7-17)18(13-22(15)19(23)24)12-20-8-9-25-14-16(20)2/h3-7,15-16,18H,8-14H2,1-2H3,(H,23,24)/t15-,16-,18+/m1/s1. The lowest BCUT2D eigenvalue weighted by atomic mass is 10.0. The Bertz CT molecular complexity index is 568. The summed E-state index contributed by atoms with van der Waals surface area (Å²) in [6, 6.07) is 11.0. The van der Waals surface area contributed by atoms with E-state index >= 15 is 0 Å². The lowest BCUT2D eigenvalue weighted by Crippen LogP contribution is -2.62. The molecule has 0 aliphatic carbocycles. The zero-order valence-corrected chi connectivity index (χ0v) is 15.2. The quantitative estimate of drug-likeness (QED) is 0.902. The van der Waals surface area contributed by atoms with Gasteiger partial charge in [-0.3, -0.25) is 9.80 Å². The van der Waals surface area contributed by atoms with Crippen molar-refractivity contribution in [3.63, 3.8) is 0 Å². The average molecular weight is 347 g/mol. The number of hydrogen-bond donors (Lipinski definition) is 1. The van der Waals surface area contributed by atoms with Gasteiger partial charge in [0, 0.05) is 50.8 Å². The van der Waals surface area contributed by atoms with Crippen LogP contribution in [0.4, 0.5) is 4.79 Å². The number of nitrogens with zero attached hydrogens (tertiary/aromatic N) is 3. The Labute approximate surface area is 150 Å². The molecule has 0 spiro atoms. The van der Waals surface area contributed by atoms with Gasteiger partial charge in [-0.15, -0.1) is 0 Å². The van der Waals surface area contributed by atoms with Crippen molar-refractivity contribution in [3.05, 3.63) is 35.9 Å². The monoisotopic (exact) mass is 347 g/mol. The molecule has 1 aromatic carbocycles. The highest BCUT2D eigenvalue weighted by molar-refractivity contribution is 5.65. The van der Waals surface area contributed by atoms with E-state index in [1.807, 2.05) is 13.0 Å². The summed E-state index contributed by atoms with van der Waals surface area (Å²) in [4.78, 5) is 18.1. The number of benzene rings is 1. The number of carboxylic acid groups (broad SMARTS) is 1. The largest absolute Gasteiger partial charge is 0.465 e. The second-order valence-electron chi connectivity index (χ2n) is 7.27. The van der Waals surface area contributed by atoms with Crippen molar-refractivity contribution in [3.8, 4) is 0 Å². The molecule has 2 heterocycles. The van der Waals surface area contributed by atoms with Crippen molar-refractivity contribution in [1.29, 1.82) is 0 Å². The molecule has 0 bridgehead atoms. The summed E-state index contributed by atoms with van der Waals surface area (Å²) >= 11 is 0. The van der Waals surface area contributed by atoms with Crippen molar-refractivity contribution in [2.75, 3.05) is 39.4 Å². The SMILES string of the molecule is C[C@@H]1COCCN1C[C@H]1CN(C(=O)O)[C@H](C)CN1Cc1ccccc1. The normalized spacial score (nSPS) is 28.9. The van der Waals surface area contributed by atoms with E-state index in [4.69, 9.17) is 4.74 Å². The number of hydrogen-bond acceptors (Lipinski definition) is 4. The highest BCUT2D eigenvalue weighted by atomic mass is 16.5. The zero-order chi connectivity index (χ0) is 17.8. The van der Waals surface area contributed by atoms with Gasteiger partial charge in [0.1, 0.15) is 0 Å². The first-order valence-electron chi connectivity index (χ1n) is 9.14. The third-order valence-electron chi connectivity index (χ3n) is 5.38. The van der Waals surface area contributed by atoms with Gasteiger partial charge in [0.15, 0.2) is 0 Å². The third-order valence-corrected chi connectivity index (χ3v) is 5.38. The first-order chi connectivity index (χ1) is 12.0. The molecule has 0 unspecified atom stereocenters. The van der Waals surface area contributed by atoms with E-state index in [-0.39, 0.29) is 12.1 Å². The Morgan fingerprint density at radius 2 is 1.92 bits per heavy atom. The van der Waals surface area contributed by atoms with Crippen LogP contribution < -0.4 is 0 Å². The van der Waals surface area contributed by atoms with Gasteiger partial charge in [0.2, 0.25) is 0 Å². The van der Waals surface area contributed by atoms with Crippen LogP contribution in [0.2, 0.25) is 0 Å². The molecule has 2 aliphatic heterocycles. The van der Waals surface area contributed by atoms with Crippen molar-refractivity contribution < 1.29 is 14.6 Å². The molecule has 3 rings (SSSR count). The number of rotatable bonds is 4. The maximum atomic E-state index is 11.6. The predicted octanol–water partition coefficient (Wildman–Crippen LogP) is 1.96. The molecule has 0 saturated carbocycles. The Kier molecular flexibility index (Phi) is 5.93. The van der Waals surface area contributed by atoms with Crippen LogP contribution in [0, 0.1) is 0 Å². The van der Waals surface area contributed by atoms with Gasteiger partial charge in [-0.05, 0) is 19.4 Å². The van der Waals surface area contributed by atoms with Gasteiger partial charge < -0.3 is 14.7 Å². The lowest BCUT2D eigenvalue weighted by molar-refractivity contribution is -0.0319. The average Bonchev–Trinajstić information content (AvgIpc) is 2.59. The topological polar surface area (TPSA) is 56.3 Å². The van der Waals surface area contributed by atoms with E-state index in [0.29, 0.717) is 12.6 Å². The van der Waals surface area contributed by atoms with Crippen LogP contribution >= 0.6 is 0 Å². The minimum Gasteiger partial charge on any atom is -0.465 e. The van der Waals surface area contributed by atoms with Crippen LogP contribution in [-0.4, -0.2) is 83.4 Å². The highest BCUT2D eigenvalue weighted by Crippen LogP contribution is 2.21. The number of amides is 1. The first-order valence-corrected chi connectivity index (χ1v) is 9.14. The molecule has 0 aromatic heterocycles. The fourth-order valence-corrected chi connectivity index (χ4v) is 3.86. The van der Waals surface area contributed by atoms with Gasteiger partial charge in [0.25, 0.3) is 0 Å². The smallest absolute Gasteiger partial charge is 0.407 e. The Balaban J connectivity index is 1.73. The summed E-state index contributed by atoms with van der Waals surface area (Å²) in [7, 11) is 0. The van der Waals surface area contributed by atoms with E-state index < -0.39 is 6.09 Å². The minimum absolute atomic E-state index is 0.0135. The molecule has 2 saturated heterocycles. The second-order valence-corrected chi connectivity index (χ2v) is 7.27. The highest BCUT2D eigenvalue weighted by Gasteiger charge is 2.36. The predicted molar refractivity (Wildman–Crippen MR) is 96.7 cm³/mol. The fraction of sp³-hybridized carbons (Fsp3) is 0.632. The van der Waals surface area contributed by atoms with Gasteiger partial charge in [-0.25, -0.2) is 4.79 Å². The lowest BCUT2D eigenvalue weighted by Gasteiger charge is -2.47.